The van der Waals surface area contributed by atoms with E-state index in [1.165, 1.54) is 0 Å². The number of hydrogen-bond acceptors (Lipinski definition) is 5. The van der Waals surface area contributed by atoms with Crippen LogP contribution < -0.4 is 11.1 Å². The Kier molecular flexibility index (Phi) is 2.49. The third kappa shape index (κ3) is 2.22. The van der Waals surface area contributed by atoms with Crippen molar-refractivity contribution in [3.63, 3.8) is 0 Å². The largest absolute Gasteiger partial charge is 0.397 e. The van der Waals surface area contributed by atoms with Crippen LogP contribution in [0, 0.1) is 6.92 Å². The smallest absolute Gasteiger partial charge is 0.193 e. The number of nitrogen functional groups attached to an aromatic ring is 1. The molecular formula is C9H12N6. The van der Waals surface area contributed by atoms with Crippen LogP contribution in [0.3, 0.4) is 0 Å². The predicted octanol–water partition coefficient (Wildman–Crippen LogP) is 0.702. The lowest BCUT2D eigenvalue weighted by Crippen LogP contribution is -2.04. The van der Waals surface area contributed by atoms with Gasteiger partial charge >= 0.3 is 0 Å². The standard InChI is InChI=1S/C9H12N6/c1-6-2-3-7(10)8(4-6)11-5-9-12-14-15-13-9/h2-4,11H,5,10H2,1H3,(H,12,13,14,15). The van der Waals surface area contributed by atoms with Gasteiger partial charge < -0.3 is 11.1 Å². The van der Waals surface area contributed by atoms with E-state index in [1.54, 1.807) is 0 Å². The van der Waals surface area contributed by atoms with E-state index in [-0.39, 0.29) is 0 Å². The van der Waals surface area contributed by atoms with E-state index in [9.17, 15) is 0 Å². The molecule has 1 aromatic carbocycles. The van der Waals surface area contributed by atoms with E-state index in [2.05, 4.69) is 25.9 Å². The lowest BCUT2D eigenvalue weighted by molar-refractivity contribution is 0.881. The molecule has 78 valence electrons. The van der Waals surface area contributed by atoms with Gasteiger partial charge in [-0.3, -0.25) is 0 Å². The number of benzene rings is 1. The molecule has 6 heteroatoms. The Morgan fingerprint density at radius 2 is 2.33 bits per heavy atom. The van der Waals surface area contributed by atoms with Crippen LogP contribution in [0.1, 0.15) is 11.4 Å². The zero-order chi connectivity index (χ0) is 10.7. The molecule has 0 bridgehead atoms. The second-order valence-electron chi connectivity index (χ2n) is 3.27. The minimum atomic E-state index is 0.504. The van der Waals surface area contributed by atoms with Gasteiger partial charge in [0.15, 0.2) is 5.82 Å². The third-order valence-electron chi connectivity index (χ3n) is 2.03. The molecule has 0 aliphatic carbocycles. The maximum absolute atomic E-state index is 5.80. The topological polar surface area (TPSA) is 92.5 Å². The molecular weight excluding hydrogens is 192 g/mol. The van der Waals surface area contributed by atoms with E-state index in [1.807, 2.05) is 25.1 Å². The maximum atomic E-state index is 5.80. The third-order valence-corrected chi connectivity index (χ3v) is 2.03. The molecule has 0 aliphatic heterocycles. The average molecular weight is 204 g/mol. The first-order valence-electron chi connectivity index (χ1n) is 4.58. The number of nitrogens with zero attached hydrogens (tertiary/aromatic N) is 3. The van der Waals surface area contributed by atoms with Crippen molar-refractivity contribution in [2.75, 3.05) is 11.1 Å². The summed E-state index contributed by atoms with van der Waals surface area (Å²) >= 11 is 0. The highest BCUT2D eigenvalue weighted by Crippen LogP contribution is 2.19. The molecule has 4 N–H and O–H groups in total. The summed E-state index contributed by atoms with van der Waals surface area (Å²) in [5.74, 6) is 0.607. The number of aromatic nitrogens is 4. The molecule has 0 saturated heterocycles. The number of H-pyrrole nitrogens is 1. The summed E-state index contributed by atoms with van der Waals surface area (Å²) in [6.45, 7) is 2.52. The zero-order valence-corrected chi connectivity index (χ0v) is 8.36. The van der Waals surface area contributed by atoms with E-state index >= 15 is 0 Å². The van der Waals surface area contributed by atoms with Crippen LogP contribution in [0.5, 0.6) is 0 Å². The predicted molar refractivity (Wildman–Crippen MR) is 57.1 cm³/mol. The molecule has 0 unspecified atom stereocenters. The molecule has 0 saturated carbocycles. The number of nitrogens with two attached hydrogens (primary N) is 1. The van der Waals surface area contributed by atoms with Crippen LogP contribution in [0.4, 0.5) is 11.4 Å². The van der Waals surface area contributed by atoms with Crippen LogP contribution >= 0.6 is 0 Å². The molecule has 0 amide bonds. The molecule has 2 rings (SSSR count). The SMILES string of the molecule is Cc1ccc(N)c(NCc2nn[nH]n2)c1. The first-order valence-corrected chi connectivity index (χ1v) is 4.58. The van der Waals surface area contributed by atoms with Crippen LogP contribution in [0.15, 0.2) is 18.2 Å². The Labute approximate surface area is 86.9 Å². The number of rotatable bonds is 3. The Hall–Kier alpha value is -2.11. The Balaban J connectivity index is 2.07. The van der Waals surface area contributed by atoms with Crippen LogP contribution in [0.2, 0.25) is 0 Å². The minimum absolute atomic E-state index is 0.504. The number of anilines is 2. The highest BCUT2D eigenvalue weighted by Gasteiger charge is 2.01. The van der Waals surface area contributed by atoms with Gasteiger partial charge in [0.1, 0.15) is 0 Å². The van der Waals surface area contributed by atoms with E-state index in [0.29, 0.717) is 18.1 Å². The normalized spacial score (nSPS) is 10.2. The fraction of sp³-hybridized carbons (Fsp3) is 0.222. The van der Waals surface area contributed by atoms with Crippen molar-refractivity contribution in [2.24, 2.45) is 0 Å². The summed E-state index contributed by atoms with van der Waals surface area (Å²) < 4.78 is 0. The fourth-order valence-corrected chi connectivity index (χ4v) is 1.25. The highest BCUT2D eigenvalue weighted by atomic mass is 15.5. The molecule has 0 aliphatic rings. The van der Waals surface area contributed by atoms with Gasteiger partial charge in [0.05, 0.1) is 17.9 Å². The zero-order valence-electron chi connectivity index (χ0n) is 8.36. The van der Waals surface area contributed by atoms with E-state index in [4.69, 9.17) is 5.73 Å². The molecule has 0 atom stereocenters. The number of hydrogen-bond donors (Lipinski definition) is 3. The second-order valence-corrected chi connectivity index (χ2v) is 3.27. The maximum Gasteiger partial charge on any atom is 0.193 e. The van der Waals surface area contributed by atoms with E-state index in [0.717, 1.165) is 11.3 Å². The lowest BCUT2D eigenvalue weighted by atomic mass is 10.2. The molecule has 2 aromatic rings. The van der Waals surface area contributed by atoms with Gasteiger partial charge in [-0.25, -0.2) is 0 Å². The number of nitrogens with one attached hydrogen (secondary N) is 2. The molecule has 0 radical (unpaired) electrons. The lowest BCUT2D eigenvalue weighted by Gasteiger charge is -2.07. The van der Waals surface area contributed by atoms with Gasteiger partial charge in [0, 0.05) is 0 Å². The minimum Gasteiger partial charge on any atom is -0.397 e. The van der Waals surface area contributed by atoms with Gasteiger partial charge in [-0.1, -0.05) is 11.3 Å². The van der Waals surface area contributed by atoms with Gasteiger partial charge in [-0.2, -0.15) is 5.21 Å². The van der Waals surface area contributed by atoms with Crippen LogP contribution in [-0.2, 0) is 6.54 Å². The average Bonchev–Trinajstić information content (AvgIpc) is 2.72. The van der Waals surface area contributed by atoms with Crippen molar-refractivity contribution in [1.82, 2.24) is 20.6 Å². The molecule has 1 heterocycles. The van der Waals surface area contributed by atoms with Crippen molar-refractivity contribution in [3.8, 4) is 0 Å². The summed E-state index contributed by atoms with van der Waals surface area (Å²) in [5, 5.41) is 16.7. The van der Waals surface area contributed by atoms with E-state index < -0.39 is 0 Å². The fourth-order valence-electron chi connectivity index (χ4n) is 1.25. The molecule has 6 nitrogen and oxygen atoms in total. The van der Waals surface area contributed by atoms with Gasteiger partial charge in [-0.15, -0.1) is 10.2 Å². The quantitative estimate of drug-likeness (QED) is 0.640. The summed E-state index contributed by atoms with van der Waals surface area (Å²) in [6, 6.07) is 5.82. The number of aryl methyl sites for hydroxylation is 1. The number of tetrazole rings is 1. The first-order chi connectivity index (χ1) is 7.25. The Morgan fingerprint density at radius 3 is 3.07 bits per heavy atom. The molecule has 0 fully saturated rings. The van der Waals surface area contributed by atoms with Crippen molar-refractivity contribution >= 4 is 11.4 Å². The molecule has 0 spiro atoms. The van der Waals surface area contributed by atoms with Crippen LogP contribution in [0.25, 0.3) is 0 Å². The van der Waals surface area contributed by atoms with Crippen molar-refractivity contribution in [3.05, 3.63) is 29.6 Å². The second kappa shape index (κ2) is 3.95. The van der Waals surface area contributed by atoms with Gasteiger partial charge in [-0.05, 0) is 24.6 Å². The first kappa shape index (κ1) is 9.45. The molecule has 1 aromatic heterocycles. The summed E-state index contributed by atoms with van der Waals surface area (Å²) in [4.78, 5) is 0. The van der Waals surface area contributed by atoms with Crippen LogP contribution in [-0.4, -0.2) is 20.6 Å². The Bertz CT molecular complexity index is 436. The van der Waals surface area contributed by atoms with Gasteiger partial charge in [0.2, 0.25) is 0 Å². The monoisotopic (exact) mass is 204 g/mol. The van der Waals surface area contributed by atoms with Crippen molar-refractivity contribution in [1.29, 1.82) is 0 Å². The highest BCUT2D eigenvalue weighted by molar-refractivity contribution is 5.66. The van der Waals surface area contributed by atoms with Crippen molar-refractivity contribution < 1.29 is 0 Å². The van der Waals surface area contributed by atoms with Gasteiger partial charge in [0.25, 0.3) is 0 Å². The summed E-state index contributed by atoms with van der Waals surface area (Å²) in [5.41, 5.74) is 8.56. The molecule has 15 heavy (non-hydrogen) atoms. The summed E-state index contributed by atoms with van der Waals surface area (Å²) in [6.07, 6.45) is 0. The summed E-state index contributed by atoms with van der Waals surface area (Å²) in [7, 11) is 0. The number of aromatic amines is 1. The Morgan fingerprint density at radius 1 is 1.47 bits per heavy atom. The van der Waals surface area contributed by atoms with Crippen molar-refractivity contribution in [2.45, 2.75) is 13.5 Å².